The first kappa shape index (κ1) is 18.0. The molecule has 2 heterocycles. The number of nitrogens with zero attached hydrogens (tertiary/aromatic N) is 1. The van der Waals surface area contributed by atoms with Gasteiger partial charge in [-0.25, -0.2) is 0 Å². The number of para-hydroxylation sites is 1. The summed E-state index contributed by atoms with van der Waals surface area (Å²) in [5.41, 5.74) is 2.03. The van der Waals surface area contributed by atoms with Crippen LogP contribution >= 0.6 is 11.3 Å². The second kappa shape index (κ2) is 7.30. The van der Waals surface area contributed by atoms with Crippen LogP contribution in [0.5, 0.6) is 11.5 Å². The van der Waals surface area contributed by atoms with Crippen LogP contribution < -0.4 is 14.0 Å². The number of aryl methyl sites for hydroxylation is 1. The highest BCUT2D eigenvalue weighted by molar-refractivity contribution is 7.85. The van der Waals surface area contributed by atoms with Crippen molar-refractivity contribution in [3.8, 4) is 11.5 Å². The standard InChI is InChI=1S/C19H17NO5S2/c21-27(22,23)11-3-10-20-15-4-1-2-5-18(15)26-19(20)9-7-14-6-8-16-17(12-14)25-13-24-16/h1-2,4-9,12H,3,10-11,13H2/p+1/b9-7+. The first-order valence-corrected chi connectivity index (χ1v) is 10.9. The van der Waals surface area contributed by atoms with E-state index in [-0.39, 0.29) is 12.5 Å². The molecule has 0 spiro atoms. The molecule has 0 saturated heterocycles. The molecule has 1 aromatic heterocycles. The molecular formula is C19H18NO5S2+. The van der Waals surface area contributed by atoms with Gasteiger partial charge in [0.1, 0.15) is 4.70 Å². The van der Waals surface area contributed by atoms with Crippen molar-refractivity contribution >= 4 is 43.8 Å². The van der Waals surface area contributed by atoms with Gasteiger partial charge in [0.25, 0.3) is 15.1 Å². The molecule has 140 valence electrons. The van der Waals surface area contributed by atoms with E-state index < -0.39 is 10.1 Å². The van der Waals surface area contributed by atoms with Crippen LogP contribution in [-0.2, 0) is 16.7 Å². The molecular weight excluding hydrogens is 386 g/mol. The van der Waals surface area contributed by atoms with Gasteiger partial charge in [-0.3, -0.25) is 4.55 Å². The molecule has 0 fully saturated rings. The van der Waals surface area contributed by atoms with E-state index in [1.807, 2.05) is 54.6 Å². The largest absolute Gasteiger partial charge is 0.454 e. The van der Waals surface area contributed by atoms with Gasteiger partial charge in [-0.1, -0.05) is 29.5 Å². The molecule has 0 aliphatic carbocycles. The summed E-state index contributed by atoms with van der Waals surface area (Å²) >= 11 is 1.63. The molecule has 0 unspecified atom stereocenters. The minimum Gasteiger partial charge on any atom is -0.454 e. The molecule has 3 aromatic rings. The van der Waals surface area contributed by atoms with Crippen molar-refractivity contribution in [3.05, 3.63) is 53.0 Å². The van der Waals surface area contributed by atoms with Crippen molar-refractivity contribution in [1.29, 1.82) is 0 Å². The molecule has 27 heavy (non-hydrogen) atoms. The minimum absolute atomic E-state index is 0.243. The molecule has 8 heteroatoms. The second-order valence-corrected chi connectivity index (χ2v) is 8.78. The molecule has 4 rings (SSSR count). The molecule has 6 nitrogen and oxygen atoms in total. The van der Waals surface area contributed by atoms with Crippen molar-refractivity contribution in [1.82, 2.24) is 0 Å². The number of benzene rings is 2. The van der Waals surface area contributed by atoms with E-state index in [0.29, 0.717) is 13.0 Å². The van der Waals surface area contributed by atoms with Crippen LogP contribution in [0.3, 0.4) is 0 Å². The summed E-state index contributed by atoms with van der Waals surface area (Å²) < 4.78 is 45.0. The van der Waals surface area contributed by atoms with Crippen molar-refractivity contribution in [2.45, 2.75) is 13.0 Å². The Morgan fingerprint density at radius 2 is 1.93 bits per heavy atom. The number of fused-ring (bicyclic) bond motifs is 2. The van der Waals surface area contributed by atoms with Crippen molar-refractivity contribution < 1.29 is 27.0 Å². The van der Waals surface area contributed by atoms with Crippen molar-refractivity contribution in [3.63, 3.8) is 0 Å². The van der Waals surface area contributed by atoms with E-state index in [4.69, 9.17) is 14.0 Å². The highest BCUT2D eigenvalue weighted by atomic mass is 32.2. The van der Waals surface area contributed by atoms with Crippen LogP contribution in [-0.4, -0.2) is 25.5 Å². The number of aromatic nitrogens is 1. The fraction of sp³-hybridized carbons (Fsp3) is 0.211. The van der Waals surface area contributed by atoms with E-state index in [1.54, 1.807) is 11.3 Å². The van der Waals surface area contributed by atoms with Crippen LogP contribution in [0.4, 0.5) is 0 Å². The Bertz CT molecular complexity index is 1120. The third-order valence-corrected chi connectivity index (χ3v) is 6.17. The van der Waals surface area contributed by atoms with E-state index in [9.17, 15) is 8.42 Å². The summed E-state index contributed by atoms with van der Waals surface area (Å²) in [5, 5.41) is 1.00. The summed E-state index contributed by atoms with van der Waals surface area (Å²) in [4.78, 5) is 0. The van der Waals surface area contributed by atoms with Gasteiger partial charge in [-0.15, -0.1) is 0 Å². The number of rotatable bonds is 6. The lowest BCUT2D eigenvalue weighted by Crippen LogP contribution is -2.35. The lowest BCUT2D eigenvalue weighted by molar-refractivity contribution is -0.668. The molecule has 0 atom stereocenters. The van der Waals surface area contributed by atoms with Gasteiger partial charge in [0.05, 0.1) is 5.75 Å². The molecule has 0 amide bonds. The maximum absolute atomic E-state index is 11.0. The molecule has 2 aromatic carbocycles. The van der Waals surface area contributed by atoms with Crippen LogP contribution in [0.25, 0.3) is 22.4 Å². The number of hydrogen-bond donors (Lipinski definition) is 1. The number of thiazole rings is 1. The molecule has 1 aliphatic heterocycles. The number of hydrogen-bond acceptors (Lipinski definition) is 5. The molecule has 1 N–H and O–H groups in total. The first-order chi connectivity index (χ1) is 13.0. The Balaban J connectivity index is 1.63. The Kier molecular flexibility index (Phi) is 4.86. The van der Waals surface area contributed by atoms with Crippen LogP contribution in [0, 0.1) is 0 Å². The zero-order valence-electron chi connectivity index (χ0n) is 14.4. The Hall–Kier alpha value is -2.42. The Morgan fingerprint density at radius 1 is 1.11 bits per heavy atom. The Morgan fingerprint density at radius 3 is 2.78 bits per heavy atom. The smallest absolute Gasteiger partial charge is 0.265 e. The lowest BCUT2D eigenvalue weighted by atomic mass is 10.2. The molecule has 0 radical (unpaired) electrons. The zero-order chi connectivity index (χ0) is 18.9. The van der Waals surface area contributed by atoms with Crippen LogP contribution in [0.2, 0.25) is 0 Å². The second-order valence-electron chi connectivity index (χ2n) is 6.15. The van der Waals surface area contributed by atoms with Gasteiger partial charge in [-0.05, 0) is 29.8 Å². The SMILES string of the molecule is O=S(=O)(O)CCC[n+]1c(/C=C/c2ccc3c(c2)OCO3)sc2ccccc21. The van der Waals surface area contributed by atoms with E-state index >= 15 is 0 Å². The topological polar surface area (TPSA) is 76.7 Å². The van der Waals surface area contributed by atoms with Gasteiger partial charge in [0.15, 0.2) is 18.0 Å². The van der Waals surface area contributed by atoms with Gasteiger partial charge < -0.3 is 9.47 Å². The van der Waals surface area contributed by atoms with Crippen LogP contribution in [0.1, 0.15) is 17.0 Å². The van der Waals surface area contributed by atoms with Gasteiger partial charge in [-0.2, -0.15) is 13.0 Å². The minimum atomic E-state index is -3.96. The fourth-order valence-electron chi connectivity index (χ4n) is 3.00. The molecule has 0 bridgehead atoms. The van der Waals surface area contributed by atoms with Crippen LogP contribution in [0.15, 0.2) is 42.5 Å². The predicted octanol–water partition coefficient (Wildman–Crippen LogP) is 3.37. The average Bonchev–Trinajstić information content (AvgIpc) is 3.23. The summed E-state index contributed by atoms with van der Waals surface area (Å²) in [6.07, 6.45) is 4.34. The number of ether oxygens (including phenoxy) is 2. The summed E-state index contributed by atoms with van der Waals surface area (Å²) in [7, 11) is -3.96. The average molecular weight is 404 g/mol. The van der Waals surface area contributed by atoms with Crippen molar-refractivity contribution in [2.75, 3.05) is 12.5 Å². The highest BCUT2D eigenvalue weighted by Gasteiger charge is 2.19. The monoisotopic (exact) mass is 404 g/mol. The maximum atomic E-state index is 11.0. The quantitative estimate of drug-likeness (QED) is 0.504. The summed E-state index contributed by atoms with van der Waals surface area (Å²) in [6.45, 7) is 0.747. The summed E-state index contributed by atoms with van der Waals surface area (Å²) in [5.74, 6) is 1.22. The fourth-order valence-corrected chi connectivity index (χ4v) is 4.58. The van der Waals surface area contributed by atoms with E-state index in [0.717, 1.165) is 32.3 Å². The highest BCUT2D eigenvalue weighted by Crippen LogP contribution is 2.33. The third kappa shape index (κ3) is 4.13. The van der Waals surface area contributed by atoms with E-state index in [2.05, 4.69) is 4.57 Å². The first-order valence-electron chi connectivity index (χ1n) is 8.44. The zero-order valence-corrected chi connectivity index (χ0v) is 16.0. The third-order valence-electron chi connectivity index (χ3n) is 4.24. The molecule has 0 saturated carbocycles. The van der Waals surface area contributed by atoms with Crippen molar-refractivity contribution in [2.24, 2.45) is 0 Å². The summed E-state index contributed by atoms with van der Waals surface area (Å²) in [6, 6.07) is 13.8. The van der Waals surface area contributed by atoms with Gasteiger partial charge in [0.2, 0.25) is 12.3 Å². The predicted molar refractivity (Wildman–Crippen MR) is 105 cm³/mol. The van der Waals surface area contributed by atoms with Gasteiger partial charge in [0, 0.05) is 18.6 Å². The normalized spacial score (nSPS) is 13.7. The lowest BCUT2D eigenvalue weighted by Gasteiger charge is -1.98. The maximum Gasteiger partial charge on any atom is 0.265 e. The Labute approximate surface area is 161 Å². The van der Waals surface area contributed by atoms with Gasteiger partial charge >= 0.3 is 0 Å². The van der Waals surface area contributed by atoms with E-state index in [1.165, 1.54) is 0 Å². The molecule has 1 aliphatic rings.